The van der Waals surface area contributed by atoms with E-state index >= 15 is 0 Å². The van der Waals surface area contributed by atoms with Gasteiger partial charge < -0.3 is 4.74 Å². The molecule has 196 valence electrons. The van der Waals surface area contributed by atoms with Crippen molar-refractivity contribution >= 4 is 17.4 Å². The number of carbonyl (C=O) groups is 1. The maximum Gasteiger partial charge on any atom is 0.428 e. The van der Waals surface area contributed by atoms with Gasteiger partial charge in [-0.1, -0.05) is 90.5 Å². The Morgan fingerprint density at radius 2 is 1.49 bits per heavy atom. The highest BCUT2D eigenvalue weighted by Gasteiger charge is 2.21. The molecule has 0 saturated heterocycles. The molecule has 0 saturated carbocycles. The summed E-state index contributed by atoms with van der Waals surface area (Å²) in [5, 5.41) is 4.90. The summed E-state index contributed by atoms with van der Waals surface area (Å²) in [4.78, 5) is 12.5. The molecule has 1 amide bonds. The summed E-state index contributed by atoms with van der Waals surface area (Å²) in [7, 11) is 0. The minimum absolute atomic E-state index is 0.0162. The third-order valence-corrected chi connectivity index (χ3v) is 6.96. The number of amides is 1. The molecular formula is C31H27N3O4S. The molecule has 0 bridgehead atoms. The van der Waals surface area contributed by atoms with Gasteiger partial charge in [0.1, 0.15) is 5.75 Å². The fourth-order valence-corrected chi connectivity index (χ4v) is 4.58. The zero-order chi connectivity index (χ0) is 27.2. The number of rotatable bonds is 8. The first-order chi connectivity index (χ1) is 19.0. The fourth-order valence-electron chi connectivity index (χ4n) is 4.17. The Bertz CT molecular complexity index is 1570. The van der Waals surface area contributed by atoms with E-state index in [1.54, 1.807) is 24.3 Å². The number of nitrogens with zero attached hydrogens (tertiary/aromatic N) is 3. The summed E-state index contributed by atoms with van der Waals surface area (Å²) in [6.07, 6.45) is -0.510. The molecule has 1 N–H and O–H groups in total. The summed E-state index contributed by atoms with van der Waals surface area (Å²) in [5.41, 5.74) is 6.69. The molecule has 1 heterocycles. The first-order valence-corrected chi connectivity index (χ1v) is 13.5. The van der Waals surface area contributed by atoms with E-state index in [0.29, 0.717) is 12.2 Å². The number of hydrogen-bond donors (Lipinski definition) is 1. The predicted octanol–water partition coefficient (Wildman–Crippen LogP) is 6.69. The van der Waals surface area contributed by atoms with Crippen molar-refractivity contribution in [1.82, 2.24) is 14.1 Å². The molecule has 1 atom stereocenters. The average molecular weight is 538 g/mol. The van der Waals surface area contributed by atoms with E-state index in [0.717, 1.165) is 43.6 Å². The van der Waals surface area contributed by atoms with Gasteiger partial charge in [0.2, 0.25) is 0 Å². The topological polar surface area (TPSA) is 84.7 Å². The van der Waals surface area contributed by atoms with Gasteiger partial charge in [0.15, 0.2) is 0 Å². The maximum absolute atomic E-state index is 12.5. The van der Waals surface area contributed by atoms with Crippen molar-refractivity contribution in [1.29, 1.82) is 0 Å². The third-order valence-electron chi connectivity index (χ3n) is 6.25. The quantitative estimate of drug-likeness (QED) is 0.223. The second-order valence-corrected chi connectivity index (χ2v) is 9.89. The highest BCUT2D eigenvalue weighted by Crippen LogP contribution is 2.29. The predicted molar refractivity (Wildman–Crippen MR) is 153 cm³/mol. The molecule has 1 aromatic heterocycles. The van der Waals surface area contributed by atoms with Crippen molar-refractivity contribution in [2.75, 3.05) is 6.54 Å². The van der Waals surface area contributed by atoms with Crippen LogP contribution in [0.1, 0.15) is 11.1 Å². The number of carbonyl (C=O) groups excluding carboxylic acids is 1. The molecule has 5 aromatic rings. The maximum atomic E-state index is 12.5. The lowest BCUT2D eigenvalue weighted by atomic mass is 10.1. The van der Waals surface area contributed by atoms with E-state index in [1.807, 2.05) is 84.4 Å². The molecular weight excluding hydrogens is 510 g/mol. The van der Waals surface area contributed by atoms with E-state index in [2.05, 4.69) is 18.2 Å². The van der Waals surface area contributed by atoms with Crippen LogP contribution in [0, 0.1) is 6.92 Å². The molecule has 7 nitrogen and oxygen atoms in total. The Morgan fingerprint density at radius 3 is 2.10 bits per heavy atom. The molecule has 4 aromatic carbocycles. The lowest BCUT2D eigenvalue weighted by Crippen LogP contribution is -2.36. The monoisotopic (exact) mass is 537 g/mol. The fraction of sp³-hybridized carbons (Fsp3) is 0.0968. The molecule has 8 heteroatoms. The number of benzene rings is 4. The van der Waals surface area contributed by atoms with Crippen LogP contribution in [0.15, 0.2) is 115 Å². The van der Waals surface area contributed by atoms with Gasteiger partial charge >= 0.3 is 6.09 Å². The Kier molecular flexibility index (Phi) is 7.96. The normalized spacial score (nSPS) is 11.6. The van der Waals surface area contributed by atoms with Crippen LogP contribution in [0.3, 0.4) is 0 Å². The molecule has 0 spiro atoms. The lowest BCUT2D eigenvalue weighted by Gasteiger charge is -2.17. The van der Waals surface area contributed by atoms with Gasteiger partial charge in [-0.15, -0.1) is 0 Å². The number of hydrogen-bond acceptors (Lipinski definition) is 4. The van der Waals surface area contributed by atoms with E-state index in [9.17, 15) is 13.6 Å². The van der Waals surface area contributed by atoms with Crippen molar-refractivity contribution in [3.63, 3.8) is 0 Å². The van der Waals surface area contributed by atoms with Gasteiger partial charge in [-0.2, -0.15) is 5.10 Å². The molecule has 39 heavy (non-hydrogen) atoms. The van der Waals surface area contributed by atoms with Crippen LogP contribution in [0.5, 0.6) is 5.75 Å². The van der Waals surface area contributed by atoms with Crippen LogP contribution in [-0.2, 0) is 17.7 Å². The van der Waals surface area contributed by atoms with E-state index in [1.165, 1.54) is 0 Å². The van der Waals surface area contributed by atoms with Gasteiger partial charge in [0.05, 0.1) is 17.1 Å². The molecule has 0 fully saturated rings. The van der Waals surface area contributed by atoms with Crippen molar-refractivity contribution in [2.24, 2.45) is 0 Å². The first kappa shape index (κ1) is 26.1. The molecule has 0 aliphatic carbocycles. The minimum atomic E-state index is -2.51. The van der Waals surface area contributed by atoms with Crippen LogP contribution >= 0.6 is 0 Å². The summed E-state index contributed by atoms with van der Waals surface area (Å²) < 4.78 is 29.5. The largest absolute Gasteiger partial charge is 0.428 e. The van der Waals surface area contributed by atoms with Gasteiger partial charge in [0, 0.05) is 17.7 Å². The van der Waals surface area contributed by atoms with Crippen LogP contribution in [0.4, 0.5) is 4.79 Å². The standard InChI is InChI=1S/C31H27N3O4S/c1-23-12-18-28(19-13-23)38-31(35)33(39(36)37)21-20-24-14-16-27(17-15-24)34-30(26-10-6-3-7-11-26)22-29(32-34)25-8-4-2-5-9-25/h2-19,22H,20-21H2,1H3,(H,36,37). The Morgan fingerprint density at radius 1 is 0.872 bits per heavy atom. The van der Waals surface area contributed by atoms with E-state index in [4.69, 9.17) is 9.84 Å². The van der Waals surface area contributed by atoms with Gasteiger partial charge in [-0.05, 0) is 49.2 Å². The van der Waals surface area contributed by atoms with Gasteiger partial charge in [-0.3, -0.25) is 4.55 Å². The summed E-state index contributed by atoms with van der Waals surface area (Å²) in [6.45, 7) is 1.94. The highest BCUT2D eigenvalue weighted by atomic mass is 32.2. The number of aromatic nitrogens is 2. The number of aryl methyl sites for hydroxylation is 1. The summed E-state index contributed by atoms with van der Waals surface area (Å²) >= 11 is -2.51. The second-order valence-electron chi connectivity index (χ2n) is 8.99. The summed E-state index contributed by atoms with van der Waals surface area (Å²) in [6, 6.07) is 36.8. The van der Waals surface area contributed by atoms with Crippen molar-refractivity contribution in [2.45, 2.75) is 13.3 Å². The van der Waals surface area contributed by atoms with E-state index in [-0.39, 0.29) is 6.54 Å². The van der Waals surface area contributed by atoms with Crippen LogP contribution in [0.2, 0.25) is 0 Å². The third kappa shape index (κ3) is 6.31. The first-order valence-electron chi connectivity index (χ1n) is 12.4. The van der Waals surface area contributed by atoms with E-state index < -0.39 is 17.4 Å². The lowest BCUT2D eigenvalue weighted by molar-refractivity contribution is 0.178. The van der Waals surface area contributed by atoms with Crippen LogP contribution in [-0.4, -0.2) is 35.5 Å². The average Bonchev–Trinajstić information content (AvgIpc) is 3.41. The molecule has 5 rings (SSSR count). The number of ether oxygens (including phenoxy) is 1. The second kappa shape index (κ2) is 11.9. The van der Waals surface area contributed by atoms with Crippen molar-refractivity contribution < 1.29 is 18.3 Å². The minimum Gasteiger partial charge on any atom is -0.410 e. The SMILES string of the molecule is Cc1ccc(OC(=O)N(CCc2ccc(-n3nc(-c4ccccc4)cc3-c3ccccc3)cc2)S(=O)O)cc1. The van der Waals surface area contributed by atoms with Crippen LogP contribution in [0.25, 0.3) is 28.2 Å². The summed E-state index contributed by atoms with van der Waals surface area (Å²) in [5.74, 6) is 0.314. The Hall–Kier alpha value is -4.53. The van der Waals surface area contributed by atoms with Crippen molar-refractivity contribution in [3.05, 3.63) is 126 Å². The van der Waals surface area contributed by atoms with Gasteiger partial charge in [0.25, 0.3) is 11.3 Å². The highest BCUT2D eigenvalue weighted by molar-refractivity contribution is 7.77. The smallest absolute Gasteiger partial charge is 0.410 e. The molecule has 1 unspecified atom stereocenters. The van der Waals surface area contributed by atoms with Crippen molar-refractivity contribution in [3.8, 4) is 34.0 Å². The molecule has 0 aliphatic heterocycles. The Labute approximate surface area is 229 Å². The zero-order valence-electron chi connectivity index (χ0n) is 21.3. The Balaban J connectivity index is 1.34. The van der Waals surface area contributed by atoms with Gasteiger partial charge in [-0.25, -0.2) is 18.0 Å². The van der Waals surface area contributed by atoms with Crippen LogP contribution < -0.4 is 4.74 Å². The molecule has 0 radical (unpaired) electrons. The zero-order valence-corrected chi connectivity index (χ0v) is 22.1. The molecule has 0 aliphatic rings.